The van der Waals surface area contributed by atoms with Gasteiger partial charge in [0.25, 0.3) is 0 Å². The molecule has 2 heterocycles. The molecule has 2 rings (SSSR count). The number of ether oxygens (including phenoxy) is 1. The first-order chi connectivity index (χ1) is 11.4. The van der Waals surface area contributed by atoms with E-state index in [0.717, 1.165) is 12.8 Å². The number of likely N-dealkylation sites (tertiary alicyclic amines) is 1. The van der Waals surface area contributed by atoms with Crippen molar-refractivity contribution in [1.82, 2.24) is 15.1 Å². The van der Waals surface area contributed by atoms with Gasteiger partial charge in [-0.25, -0.2) is 0 Å². The maximum atomic E-state index is 12.8. The first-order valence-corrected chi connectivity index (χ1v) is 8.82. The van der Waals surface area contributed by atoms with E-state index >= 15 is 0 Å². The molecule has 0 aromatic carbocycles. The molecule has 0 aliphatic carbocycles. The van der Waals surface area contributed by atoms with Crippen molar-refractivity contribution in [3.05, 3.63) is 0 Å². The fraction of sp³-hybridized carbons (Fsp3) is 0.824. The zero-order valence-corrected chi connectivity index (χ0v) is 14.9. The fourth-order valence-corrected chi connectivity index (χ4v) is 3.35. The van der Waals surface area contributed by atoms with Crippen molar-refractivity contribution in [3.63, 3.8) is 0 Å². The molecule has 2 saturated heterocycles. The first-order valence-electron chi connectivity index (χ1n) is 8.82. The minimum Gasteiger partial charge on any atom is -0.378 e. The molecule has 7 heteroatoms. The molecular formula is C17H29N3O4. The van der Waals surface area contributed by atoms with E-state index in [1.54, 1.807) is 4.90 Å². The molecule has 24 heavy (non-hydrogen) atoms. The third kappa shape index (κ3) is 4.69. The fourth-order valence-electron chi connectivity index (χ4n) is 3.35. The van der Waals surface area contributed by atoms with Crippen LogP contribution in [0.25, 0.3) is 0 Å². The number of hydrogen-bond acceptors (Lipinski definition) is 4. The van der Waals surface area contributed by atoms with Crippen LogP contribution in [0.1, 0.15) is 33.6 Å². The van der Waals surface area contributed by atoms with E-state index < -0.39 is 6.04 Å². The topological polar surface area (TPSA) is 79.0 Å². The monoisotopic (exact) mass is 339 g/mol. The molecule has 0 aromatic rings. The van der Waals surface area contributed by atoms with Gasteiger partial charge in [0, 0.05) is 33.1 Å². The van der Waals surface area contributed by atoms with Gasteiger partial charge in [-0.15, -0.1) is 0 Å². The molecule has 3 amide bonds. The summed E-state index contributed by atoms with van der Waals surface area (Å²) in [6.07, 6.45) is 1.63. The van der Waals surface area contributed by atoms with Gasteiger partial charge in [0.2, 0.25) is 17.7 Å². The smallest absolute Gasteiger partial charge is 0.245 e. The summed E-state index contributed by atoms with van der Waals surface area (Å²) in [6, 6.07) is -0.528. The van der Waals surface area contributed by atoms with Crippen LogP contribution in [0.5, 0.6) is 0 Å². The number of nitrogens with one attached hydrogen (secondary N) is 1. The molecule has 0 bridgehead atoms. The quantitative estimate of drug-likeness (QED) is 0.796. The molecule has 1 N–H and O–H groups in total. The van der Waals surface area contributed by atoms with Crippen LogP contribution in [-0.2, 0) is 19.1 Å². The Labute approximate surface area is 143 Å². The van der Waals surface area contributed by atoms with Crippen molar-refractivity contribution in [1.29, 1.82) is 0 Å². The van der Waals surface area contributed by atoms with Crippen LogP contribution in [0.4, 0.5) is 0 Å². The number of hydrogen-bond donors (Lipinski definition) is 1. The van der Waals surface area contributed by atoms with Gasteiger partial charge in [0.05, 0.1) is 19.1 Å². The van der Waals surface area contributed by atoms with Crippen LogP contribution >= 0.6 is 0 Å². The molecule has 2 fully saturated rings. The van der Waals surface area contributed by atoms with E-state index in [9.17, 15) is 14.4 Å². The number of morpholine rings is 1. The highest BCUT2D eigenvalue weighted by Gasteiger charge is 2.35. The normalized spacial score (nSPS) is 23.1. The van der Waals surface area contributed by atoms with Crippen molar-refractivity contribution in [2.45, 2.75) is 39.7 Å². The lowest BCUT2D eigenvalue weighted by Gasteiger charge is -2.38. The zero-order chi connectivity index (χ0) is 17.7. The second kappa shape index (κ2) is 8.46. The van der Waals surface area contributed by atoms with Crippen LogP contribution in [-0.4, -0.2) is 73.0 Å². The summed E-state index contributed by atoms with van der Waals surface area (Å²) in [6.45, 7) is 8.76. The molecule has 0 aromatic heterocycles. The summed E-state index contributed by atoms with van der Waals surface area (Å²) in [5.74, 6) is -0.307. The van der Waals surface area contributed by atoms with Crippen molar-refractivity contribution < 1.29 is 19.1 Å². The predicted octanol–water partition coefficient (Wildman–Crippen LogP) is 0.245. The number of rotatable bonds is 4. The average Bonchev–Trinajstić information content (AvgIpc) is 2.59. The van der Waals surface area contributed by atoms with Gasteiger partial charge in [0.1, 0.15) is 6.04 Å². The number of nitrogens with zero attached hydrogens (tertiary/aromatic N) is 2. The Morgan fingerprint density at radius 1 is 1.08 bits per heavy atom. The number of carbonyl (C=O) groups is 3. The maximum absolute atomic E-state index is 12.8. The number of carbonyl (C=O) groups excluding carboxylic acids is 3. The Morgan fingerprint density at radius 2 is 1.75 bits per heavy atom. The average molecular weight is 339 g/mol. The maximum Gasteiger partial charge on any atom is 0.245 e. The second-order valence-electron chi connectivity index (χ2n) is 6.98. The van der Waals surface area contributed by atoms with Crippen molar-refractivity contribution >= 4 is 17.7 Å². The SMILES string of the molecule is CC(=O)N[C@H](C(=O)N1CCC[C@@H](C(=O)N2CCOCC2)C1)C(C)C. The van der Waals surface area contributed by atoms with Crippen molar-refractivity contribution in [3.8, 4) is 0 Å². The first kappa shape index (κ1) is 18.7. The Balaban J connectivity index is 1.99. The van der Waals surface area contributed by atoms with E-state index in [0.29, 0.717) is 39.4 Å². The highest BCUT2D eigenvalue weighted by Crippen LogP contribution is 2.21. The van der Waals surface area contributed by atoms with Gasteiger partial charge in [-0.3, -0.25) is 14.4 Å². The van der Waals surface area contributed by atoms with Crippen LogP contribution in [0.2, 0.25) is 0 Å². The van der Waals surface area contributed by atoms with E-state index in [4.69, 9.17) is 4.74 Å². The lowest BCUT2D eigenvalue weighted by Crippen LogP contribution is -2.55. The summed E-state index contributed by atoms with van der Waals surface area (Å²) in [7, 11) is 0. The van der Waals surface area contributed by atoms with Gasteiger partial charge in [-0.05, 0) is 18.8 Å². The molecule has 0 radical (unpaired) electrons. The molecule has 2 aliphatic rings. The summed E-state index contributed by atoms with van der Waals surface area (Å²) < 4.78 is 5.29. The Bertz CT molecular complexity index is 474. The molecule has 7 nitrogen and oxygen atoms in total. The van der Waals surface area contributed by atoms with Crippen LogP contribution in [0.3, 0.4) is 0 Å². The lowest BCUT2D eigenvalue weighted by atomic mass is 9.94. The van der Waals surface area contributed by atoms with Gasteiger partial charge in [-0.1, -0.05) is 13.8 Å². The number of amides is 3. The van der Waals surface area contributed by atoms with E-state index in [2.05, 4.69) is 5.32 Å². The van der Waals surface area contributed by atoms with E-state index in [-0.39, 0.29) is 29.6 Å². The summed E-state index contributed by atoms with van der Waals surface area (Å²) in [5.41, 5.74) is 0. The van der Waals surface area contributed by atoms with E-state index in [1.807, 2.05) is 18.7 Å². The van der Waals surface area contributed by atoms with Gasteiger partial charge >= 0.3 is 0 Å². The molecule has 2 aliphatic heterocycles. The largest absolute Gasteiger partial charge is 0.378 e. The summed E-state index contributed by atoms with van der Waals surface area (Å²) in [5, 5.41) is 2.74. The lowest BCUT2D eigenvalue weighted by molar-refractivity contribution is -0.145. The Kier molecular flexibility index (Phi) is 6.60. The van der Waals surface area contributed by atoms with Crippen LogP contribution in [0.15, 0.2) is 0 Å². The van der Waals surface area contributed by atoms with E-state index in [1.165, 1.54) is 6.92 Å². The van der Waals surface area contributed by atoms with Gasteiger partial charge in [0.15, 0.2) is 0 Å². The zero-order valence-electron chi connectivity index (χ0n) is 14.9. The van der Waals surface area contributed by atoms with Crippen molar-refractivity contribution in [2.24, 2.45) is 11.8 Å². The van der Waals surface area contributed by atoms with Gasteiger partial charge < -0.3 is 19.9 Å². The third-order valence-corrected chi connectivity index (χ3v) is 4.70. The van der Waals surface area contributed by atoms with Gasteiger partial charge in [-0.2, -0.15) is 0 Å². The standard InChI is InChI=1S/C17H29N3O4/c1-12(2)15(18-13(3)21)17(23)20-6-4-5-14(11-20)16(22)19-7-9-24-10-8-19/h12,14-15H,4-11H2,1-3H3,(H,18,21)/t14-,15+/m1/s1. The predicted molar refractivity (Wildman–Crippen MR) is 89.1 cm³/mol. The van der Waals surface area contributed by atoms with Crippen LogP contribution < -0.4 is 5.32 Å². The third-order valence-electron chi connectivity index (χ3n) is 4.70. The summed E-state index contributed by atoms with van der Waals surface area (Å²) in [4.78, 5) is 40.4. The molecule has 2 atom stereocenters. The second-order valence-corrected chi connectivity index (χ2v) is 6.98. The highest BCUT2D eigenvalue weighted by molar-refractivity contribution is 5.88. The molecule has 0 saturated carbocycles. The van der Waals surface area contributed by atoms with Crippen LogP contribution in [0, 0.1) is 11.8 Å². The highest BCUT2D eigenvalue weighted by atomic mass is 16.5. The minimum atomic E-state index is -0.528. The minimum absolute atomic E-state index is 0.0109. The summed E-state index contributed by atoms with van der Waals surface area (Å²) >= 11 is 0. The Hall–Kier alpha value is -1.63. The molecule has 136 valence electrons. The van der Waals surface area contributed by atoms with Crippen molar-refractivity contribution in [2.75, 3.05) is 39.4 Å². The number of piperidine rings is 1. The molecule has 0 spiro atoms. The molecular weight excluding hydrogens is 310 g/mol. The Morgan fingerprint density at radius 3 is 2.33 bits per heavy atom. The molecule has 0 unspecified atom stereocenters.